The zero-order valence-electron chi connectivity index (χ0n) is 14.4. The van der Waals surface area contributed by atoms with Crippen molar-refractivity contribution < 1.29 is 54.2 Å². The summed E-state index contributed by atoms with van der Waals surface area (Å²) in [4.78, 5) is 11.9. The largest absolute Gasteiger partial charge is 0.462 e. The third-order valence-electron chi connectivity index (χ3n) is 5.19. The predicted octanol–water partition coefficient (Wildman–Crippen LogP) is 4.92. The van der Waals surface area contributed by atoms with E-state index in [1.54, 1.807) is 0 Å². The highest BCUT2D eigenvalue weighted by Gasteiger charge is 2.73. The average molecular weight is 418 g/mol. The summed E-state index contributed by atoms with van der Waals surface area (Å²) in [6.07, 6.45) is -21.5. The van der Waals surface area contributed by atoms with E-state index >= 15 is 0 Å². The molecular formula is C15H19F9O3. The minimum Gasteiger partial charge on any atom is -0.462 e. The number of rotatable bonds is 4. The minimum atomic E-state index is -5.98. The van der Waals surface area contributed by atoms with Crippen LogP contribution in [-0.4, -0.2) is 41.3 Å². The van der Waals surface area contributed by atoms with Crippen molar-refractivity contribution in [3.63, 3.8) is 0 Å². The molecule has 1 N–H and O–H groups in total. The second kappa shape index (κ2) is 7.32. The lowest BCUT2D eigenvalue weighted by Gasteiger charge is -2.42. The normalized spacial score (nSPS) is 25.0. The van der Waals surface area contributed by atoms with E-state index in [2.05, 4.69) is 0 Å². The highest BCUT2D eigenvalue weighted by Crippen LogP contribution is 2.52. The fourth-order valence-corrected chi connectivity index (χ4v) is 2.96. The number of halogens is 9. The summed E-state index contributed by atoms with van der Waals surface area (Å²) in [7, 11) is 0. The molecule has 27 heavy (non-hydrogen) atoms. The van der Waals surface area contributed by atoms with Crippen molar-refractivity contribution in [3.8, 4) is 0 Å². The van der Waals surface area contributed by atoms with E-state index in [4.69, 9.17) is 4.74 Å². The van der Waals surface area contributed by atoms with Crippen LogP contribution in [-0.2, 0) is 9.53 Å². The van der Waals surface area contributed by atoms with Crippen molar-refractivity contribution in [2.24, 2.45) is 11.3 Å². The molecule has 0 bridgehead atoms. The van der Waals surface area contributed by atoms with Crippen molar-refractivity contribution in [1.29, 1.82) is 0 Å². The Morgan fingerprint density at radius 2 is 1.30 bits per heavy atom. The molecule has 1 atom stereocenters. The van der Waals surface area contributed by atoms with Gasteiger partial charge in [-0.15, -0.1) is 0 Å². The molecule has 0 aromatic carbocycles. The topological polar surface area (TPSA) is 46.5 Å². The molecule has 1 fully saturated rings. The molecule has 0 radical (unpaired) electrons. The van der Waals surface area contributed by atoms with E-state index in [9.17, 15) is 49.4 Å². The molecular weight excluding hydrogens is 399 g/mol. The fourth-order valence-electron chi connectivity index (χ4n) is 2.96. The number of esters is 1. The van der Waals surface area contributed by atoms with Gasteiger partial charge in [0.05, 0.1) is 0 Å². The van der Waals surface area contributed by atoms with Gasteiger partial charge in [-0.05, 0) is 39.0 Å². The van der Waals surface area contributed by atoms with Gasteiger partial charge in [0.25, 0.3) is 5.60 Å². The van der Waals surface area contributed by atoms with Crippen LogP contribution in [0.25, 0.3) is 0 Å². The summed E-state index contributed by atoms with van der Waals surface area (Å²) in [5, 5.41) is 9.34. The number of aliphatic hydroxyl groups is 1. The van der Waals surface area contributed by atoms with Crippen LogP contribution in [0.4, 0.5) is 39.5 Å². The first-order chi connectivity index (χ1) is 11.9. The summed E-state index contributed by atoms with van der Waals surface area (Å²) in [5.74, 6) is -3.88. The average Bonchev–Trinajstić information content (AvgIpc) is 2.50. The van der Waals surface area contributed by atoms with Gasteiger partial charge >= 0.3 is 24.5 Å². The number of hydrogen-bond donors (Lipinski definition) is 1. The lowest BCUT2D eigenvalue weighted by Crippen LogP contribution is -2.62. The van der Waals surface area contributed by atoms with Crippen LogP contribution in [0.2, 0.25) is 0 Å². The predicted molar refractivity (Wildman–Crippen MR) is 73.4 cm³/mol. The van der Waals surface area contributed by atoms with Gasteiger partial charge in [0.15, 0.2) is 5.41 Å². The highest BCUT2D eigenvalue weighted by molar-refractivity contribution is 5.77. The van der Waals surface area contributed by atoms with Crippen molar-refractivity contribution in [2.45, 2.75) is 76.2 Å². The van der Waals surface area contributed by atoms with Crippen molar-refractivity contribution in [1.82, 2.24) is 0 Å². The number of ether oxygens (including phenoxy) is 1. The monoisotopic (exact) mass is 418 g/mol. The van der Waals surface area contributed by atoms with Crippen LogP contribution < -0.4 is 0 Å². The van der Waals surface area contributed by atoms with Gasteiger partial charge in [-0.2, -0.15) is 39.5 Å². The van der Waals surface area contributed by atoms with Crippen LogP contribution in [0.5, 0.6) is 0 Å². The number of carbonyl (C=O) groups is 1. The van der Waals surface area contributed by atoms with Crippen LogP contribution in [0.3, 0.4) is 0 Å². The Balaban J connectivity index is 2.87. The Bertz CT molecular complexity index is 516. The Hall–Kier alpha value is -1.20. The molecule has 0 aliphatic heterocycles. The zero-order valence-corrected chi connectivity index (χ0v) is 14.4. The van der Waals surface area contributed by atoms with Gasteiger partial charge < -0.3 is 9.84 Å². The summed E-state index contributed by atoms with van der Waals surface area (Å²) >= 11 is 0. The number of hydrogen-bond acceptors (Lipinski definition) is 3. The van der Waals surface area contributed by atoms with Crippen LogP contribution in [0.1, 0.15) is 46.0 Å². The van der Waals surface area contributed by atoms with Gasteiger partial charge in [0.2, 0.25) is 0 Å². The summed E-state index contributed by atoms with van der Waals surface area (Å²) < 4.78 is 121. The third-order valence-corrected chi connectivity index (χ3v) is 5.19. The Morgan fingerprint density at radius 3 is 1.59 bits per heavy atom. The summed E-state index contributed by atoms with van der Waals surface area (Å²) in [6, 6.07) is 0. The molecule has 1 aliphatic rings. The van der Waals surface area contributed by atoms with E-state index in [1.807, 2.05) is 0 Å². The van der Waals surface area contributed by atoms with Crippen molar-refractivity contribution >= 4 is 5.97 Å². The smallest absolute Gasteiger partial charge is 0.426 e. The van der Waals surface area contributed by atoms with E-state index < -0.39 is 79.6 Å². The van der Waals surface area contributed by atoms with Gasteiger partial charge in [0, 0.05) is 5.92 Å². The molecule has 1 rings (SSSR count). The van der Waals surface area contributed by atoms with E-state index in [1.165, 1.54) is 0 Å². The molecule has 12 heteroatoms. The minimum absolute atomic E-state index is 0.525. The molecule has 3 nitrogen and oxygen atoms in total. The fraction of sp³-hybridized carbons (Fsp3) is 0.933. The molecule has 0 amide bonds. The highest BCUT2D eigenvalue weighted by atomic mass is 19.4. The van der Waals surface area contributed by atoms with Gasteiger partial charge in [-0.3, -0.25) is 4.79 Å². The molecule has 160 valence electrons. The van der Waals surface area contributed by atoms with E-state index in [-0.39, 0.29) is 0 Å². The standard InChI is InChI=1S/C15H19F9O3/c1-3-11(2,13(16,17)18)10(25)27-9-6-4-8(5-7-9)12(26,14(19,20)21)15(22,23)24/h8-9,26H,3-7H2,1-2H3. The third kappa shape index (κ3) is 4.29. The Morgan fingerprint density at radius 1 is 0.889 bits per heavy atom. The second-order valence-electron chi connectivity index (χ2n) is 6.82. The Kier molecular flexibility index (Phi) is 6.47. The van der Waals surface area contributed by atoms with Crippen LogP contribution >= 0.6 is 0 Å². The maximum Gasteiger partial charge on any atom is 0.426 e. The zero-order chi connectivity index (χ0) is 21.5. The molecule has 1 unspecified atom stereocenters. The molecule has 1 aliphatic carbocycles. The second-order valence-corrected chi connectivity index (χ2v) is 6.82. The first kappa shape index (κ1) is 23.8. The lowest BCUT2D eigenvalue weighted by atomic mass is 9.75. The Labute approximate surface area is 148 Å². The van der Waals surface area contributed by atoms with Crippen LogP contribution in [0, 0.1) is 11.3 Å². The maximum atomic E-state index is 13.0. The molecule has 0 saturated heterocycles. The summed E-state index contributed by atoms with van der Waals surface area (Å²) in [6.45, 7) is 1.70. The van der Waals surface area contributed by atoms with Gasteiger partial charge in [0.1, 0.15) is 6.10 Å². The molecule has 0 aromatic rings. The van der Waals surface area contributed by atoms with E-state index in [0.29, 0.717) is 6.92 Å². The van der Waals surface area contributed by atoms with Crippen LogP contribution in [0.15, 0.2) is 0 Å². The van der Waals surface area contributed by atoms with Gasteiger partial charge in [-0.25, -0.2) is 0 Å². The molecule has 0 heterocycles. The first-order valence-corrected chi connectivity index (χ1v) is 8.05. The van der Waals surface area contributed by atoms with Crippen molar-refractivity contribution in [3.05, 3.63) is 0 Å². The first-order valence-electron chi connectivity index (χ1n) is 8.05. The maximum absolute atomic E-state index is 13.0. The van der Waals surface area contributed by atoms with Gasteiger partial charge in [-0.1, -0.05) is 6.92 Å². The van der Waals surface area contributed by atoms with E-state index in [0.717, 1.165) is 6.92 Å². The number of carbonyl (C=O) groups excluding carboxylic acids is 1. The molecule has 1 saturated carbocycles. The molecule has 0 aromatic heterocycles. The summed E-state index contributed by atoms with van der Waals surface area (Å²) in [5.41, 5.74) is -7.76. The quantitative estimate of drug-likeness (QED) is 0.521. The SMILES string of the molecule is CCC(C)(C(=O)OC1CCC(C(O)(C(F)(F)F)C(F)(F)F)CC1)C(F)(F)F. The number of alkyl halides is 9. The molecule has 0 spiro atoms. The lowest BCUT2D eigenvalue weighted by molar-refractivity contribution is -0.387. The van der Waals surface area contributed by atoms with Crippen molar-refractivity contribution in [2.75, 3.05) is 0 Å².